The second-order valence-corrected chi connectivity index (χ2v) is 3.64. The van der Waals surface area contributed by atoms with Crippen molar-refractivity contribution in [3.63, 3.8) is 0 Å². The van der Waals surface area contributed by atoms with Gasteiger partial charge in [-0.3, -0.25) is 4.79 Å². The van der Waals surface area contributed by atoms with E-state index in [0.717, 1.165) is 4.90 Å². The molecule has 1 heterocycles. The lowest BCUT2D eigenvalue weighted by Crippen LogP contribution is -2.48. The van der Waals surface area contributed by atoms with Gasteiger partial charge in [0.1, 0.15) is 0 Å². The Balaban J connectivity index is 2.83. The van der Waals surface area contributed by atoms with Crippen LogP contribution in [0.3, 0.4) is 0 Å². The number of aliphatic carboxylic acids is 1. The summed E-state index contributed by atoms with van der Waals surface area (Å²) >= 11 is 0. The van der Waals surface area contributed by atoms with Gasteiger partial charge in [0.05, 0.1) is 6.10 Å². The highest BCUT2D eigenvalue weighted by molar-refractivity contribution is 5.86. The topological polar surface area (TPSA) is 77.8 Å². The molecule has 1 fully saturated rings. The summed E-state index contributed by atoms with van der Waals surface area (Å²) in [6, 6.07) is -1.20. The number of carbonyl (C=O) groups excluding carboxylic acids is 1. The van der Waals surface area contributed by atoms with Crippen molar-refractivity contribution in [1.82, 2.24) is 4.90 Å². The SMILES string of the molecule is C#CC1CC(=O)N([C@H](C(=O)O)[C@H](C)O)C1. The molecule has 15 heavy (non-hydrogen) atoms. The maximum Gasteiger partial charge on any atom is 0.329 e. The van der Waals surface area contributed by atoms with E-state index >= 15 is 0 Å². The molecule has 1 aliphatic rings. The Hall–Kier alpha value is -1.54. The van der Waals surface area contributed by atoms with Gasteiger partial charge in [0.15, 0.2) is 6.04 Å². The molecule has 1 rings (SSSR count). The Morgan fingerprint density at radius 2 is 2.33 bits per heavy atom. The Labute approximate surface area is 87.7 Å². The summed E-state index contributed by atoms with van der Waals surface area (Å²) in [6.07, 6.45) is 4.22. The maximum atomic E-state index is 11.4. The fraction of sp³-hybridized carbons (Fsp3) is 0.600. The lowest BCUT2D eigenvalue weighted by Gasteiger charge is -2.26. The summed E-state index contributed by atoms with van der Waals surface area (Å²) in [6.45, 7) is 1.55. The van der Waals surface area contributed by atoms with E-state index in [0.29, 0.717) is 0 Å². The summed E-state index contributed by atoms with van der Waals surface area (Å²) in [7, 11) is 0. The summed E-state index contributed by atoms with van der Waals surface area (Å²) in [5.41, 5.74) is 0. The van der Waals surface area contributed by atoms with E-state index in [4.69, 9.17) is 11.5 Å². The molecule has 82 valence electrons. The molecule has 1 amide bonds. The maximum absolute atomic E-state index is 11.4. The molecule has 0 radical (unpaired) electrons. The second kappa shape index (κ2) is 4.32. The lowest BCUT2D eigenvalue weighted by atomic mass is 10.1. The molecule has 1 aliphatic heterocycles. The van der Waals surface area contributed by atoms with E-state index in [2.05, 4.69) is 5.92 Å². The van der Waals surface area contributed by atoms with E-state index in [9.17, 15) is 14.7 Å². The summed E-state index contributed by atoms with van der Waals surface area (Å²) < 4.78 is 0. The van der Waals surface area contributed by atoms with Gasteiger partial charge in [-0.05, 0) is 6.92 Å². The predicted molar refractivity (Wildman–Crippen MR) is 51.8 cm³/mol. The monoisotopic (exact) mass is 211 g/mol. The molecule has 5 heteroatoms. The largest absolute Gasteiger partial charge is 0.480 e. The predicted octanol–water partition coefficient (Wildman–Crippen LogP) is -0.698. The van der Waals surface area contributed by atoms with Crippen molar-refractivity contribution in [3.05, 3.63) is 0 Å². The van der Waals surface area contributed by atoms with E-state index < -0.39 is 18.1 Å². The zero-order valence-electron chi connectivity index (χ0n) is 8.38. The number of rotatable bonds is 3. The number of aliphatic hydroxyl groups is 1. The smallest absolute Gasteiger partial charge is 0.329 e. The molecule has 0 aromatic carbocycles. The number of terminal acetylenes is 1. The highest BCUT2D eigenvalue weighted by atomic mass is 16.4. The summed E-state index contributed by atoms with van der Waals surface area (Å²) in [5, 5.41) is 18.2. The first-order valence-corrected chi connectivity index (χ1v) is 4.63. The van der Waals surface area contributed by atoms with Gasteiger partial charge in [-0.1, -0.05) is 0 Å². The molecule has 5 nitrogen and oxygen atoms in total. The van der Waals surface area contributed by atoms with Gasteiger partial charge >= 0.3 is 5.97 Å². The van der Waals surface area contributed by atoms with Gasteiger partial charge in [-0.25, -0.2) is 4.79 Å². The van der Waals surface area contributed by atoms with Gasteiger partial charge in [-0.15, -0.1) is 12.3 Å². The van der Waals surface area contributed by atoms with Crippen LogP contribution in [0.1, 0.15) is 13.3 Å². The molecular weight excluding hydrogens is 198 g/mol. The van der Waals surface area contributed by atoms with Crippen molar-refractivity contribution in [2.24, 2.45) is 5.92 Å². The van der Waals surface area contributed by atoms with E-state index in [-0.39, 0.29) is 24.8 Å². The van der Waals surface area contributed by atoms with Gasteiger partial charge in [0, 0.05) is 18.9 Å². The van der Waals surface area contributed by atoms with Crippen molar-refractivity contribution in [2.75, 3.05) is 6.54 Å². The third-order valence-corrected chi connectivity index (χ3v) is 2.44. The Kier molecular flexibility index (Phi) is 3.32. The Morgan fingerprint density at radius 1 is 1.73 bits per heavy atom. The van der Waals surface area contributed by atoms with Gasteiger partial charge in [-0.2, -0.15) is 0 Å². The molecule has 1 saturated heterocycles. The Bertz CT molecular complexity index is 318. The zero-order valence-corrected chi connectivity index (χ0v) is 8.38. The number of carboxylic acids is 1. The third kappa shape index (κ3) is 2.28. The minimum absolute atomic E-state index is 0.160. The standard InChI is InChI=1S/C10H13NO4/c1-3-7-4-8(13)11(5-7)9(6(2)12)10(14)15/h1,6-7,9,12H,4-5H2,2H3,(H,14,15)/t6-,7?,9-/m0/s1. The van der Waals surface area contributed by atoms with Crippen LogP contribution < -0.4 is 0 Å². The highest BCUT2D eigenvalue weighted by Crippen LogP contribution is 2.21. The minimum atomic E-state index is -1.21. The third-order valence-electron chi connectivity index (χ3n) is 2.44. The number of hydrogen-bond acceptors (Lipinski definition) is 3. The number of carbonyl (C=O) groups is 2. The van der Waals surface area contributed by atoms with Crippen molar-refractivity contribution in [3.8, 4) is 12.3 Å². The summed E-state index contributed by atoms with van der Waals surface area (Å²) in [5.74, 6) is 0.643. The van der Waals surface area contributed by atoms with Crippen LogP contribution in [0.25, 0.3) is 0 Å². The van der Waals surface area contributed by atoms with Crippen LogP contribution in [-0.2, 0) is 9.59 Å². The van der Waals surface area contributed by atoms with Crippen LogP contribution in [0.2, 0.25) is 0 Å². The molecule has 0 saturated carbocycles. The van der Waals surface area contributed by atoms with Crippen LogP contribution in [0, 0.1) is 18.3 Å². The van der Waals surface area contributed by atoms with Crippen LogP contribution in [-0.4, -0.2) is 45.7 Å². The molecule has 2 N–H and O–H groups in total. The van der Waals surface area contributed by atoms with Crippen molar-refractivity contribution < 1.29 is 19.8 Å². The normalized spacial score (nSPS) is 24.7. The molecular formula is C10H13NO4. The molecule has 0 aromatic heterocycles. The first-order valence-electron chi connectivity index (χ1n) is 4.63. The van der Waals surface area contributed by atoms with Crippen molar-refractivity contribution in [1.29, 1.82) is 0 Å². The van der Waals surface area contributed by atoms with Crippen LogP contribution in [0.15, 0.2) is 0 Å². The lowest BCUT2D eigenvalue weighted by molar-refractivity contribution is -0.152. The fourth-order valence-corrected chi connectivity index (χ4v) is 1.71. The minimum Gasteiger partial charge on any atom is -0.480 e. The quantitative estimate of drug-likeness (QED) is 0.605. The number of aliphatic hydroxyl groups excluding tert-OH is 1. The van der Waals surface area contributed by atoms with Gasteiger partial charge in [0.25, 0.3) is 0 Å². The number of carboxylic acid groups (broad SMARTS) is 1. The second-order valence-electron chi connectivity index (χ2n) is 3.64. The van der Waals surface area contributed by atoms with Crippen LogP contribution in [0.5, 0.6) is 0 Å². The number of likely N-dealkylation sites (tertiary alicyclic amines) is 1. The van der Waals surface area contributed by atoms with Crippen LogP contribution in [0.4, 0.5) is 0 Å². The van der Waals surface area contributed by atoms with Crippen LogP contribution >= 0.6 is 0 Å². The zero-order chi connectivity index (χ0) is 11.6. The number of hydrogen-bond donors (Lipinski definition) is 2. The molecule has 0 bridgehead atoms. The Morgan fingerprint density at radius 3 is 2.67 bits per heavy atom. The van der Waals surface area contributed by atoms with Crippen molar-refractivity contribution >= 4 is 11.9 Å². The molecule has 1 unspecified atom stereocenters. The average Bonchev–Trinajstić information content (AvgIpc) is 2.46. The molecule has 0 aliphatic carbocycles. The fourth-order valence-electron chi connectivity index (χ4n) is 1.71. The molecule has 3 atom stereocenters. The van der Waals surface area contributed by atoms with E-state index in [1.54, 1.807) is 0 Å². The van der Waals surface area contributed by atoms with E-state index in [1.807, 2.05) is 0 Å². The van der Waals surface area contributed by atoms with Crippen molar-refractivity contribution in [2.45, 2.75) is 25.5 Å². The first-order chi connectivity index (χ1) is 6.97. The molecule has 0 aromatic rings. The van der Waals surface area contributed by atoms with E-state index in [1.165, 1.54) is 6.92 Å². The number of nitrogens with zero attached hydrogens (tertiary/aromatic N) is 1. The van der Waals surface area contributed by atoms with Gasteiger partial charge < -0.3 is 15.1 Å². The molecule has 0 spiro atoms. The summed E-state index contributed by atoms with van der Waals surface area (Å²) in [4.78, 5) is 23.4. The highest BCUT2D eigenvalue weighted by Gasteiger charge is 2.39. The average molecular weight is 211 g/mol. The first kappa shape index (κ1) is 11.5. The van der Waals surface area contributed by atoms with Gasteiger partial charge in [0.2, 0.25) is 5.91 Å². The number of amides is 1.